The highest BCUT2D eigenvalue weighted by molar-refractivity contribution is 9.10. The molecule has 0 aromatic heterocycles. The van der Waals surface area contributed by atoms with E-state index >= 15 is 0 Å². The molecule has 0 saturated carbocycles. The first-order valence-electron chi connectivity index (χ1n) is 5.18. The summed E-state index contributed by atoms with van der Waals surface area (Å²) in [4.78, 5) is 11.9. The maximum absolute atomic E-state index is 13.4. The minimum Gasteiger partial charge on any atom is -0.319 e. The van der Waals surface area contributed by atoms with E-state index in [1.165, 1.54) is 6.07 Å². The highest BCUT2D eigenvalue weighted by atomic mass is 79.9. The lowest BCUT2D eigenvalue weighted by Crippen LogP contribution is -2.13. The average molecular weight is 347 g/mol. The van der Waals surface area contributed by atoms with Gasteiger partial charge in [-0.25, -0.2) is 8.78 Å². The van der Waals surface area contributed by atoms with Crippen molar-refractivity contribution in [3.63, 3.8) is 0 Å². The van der Waals surface area contributed by atoms with Gasteiger partial charge in [0, 0.05) is 21.1 Å². The van der Waals surface area contributed by atoms with Gasteiger partial charge in [-0.3, -0.25) is 4.79 Å². The van der Waals surface area contributed by atoms with Gasteiger partial charge in [-0.2, -0.15) is 0 Å². The van der Waals surface area contributed by atoms with Crippen LogP contribution >= 0.6 is 27.5 Å². The van der Waals surface area contributed by atoms with Crippen LogP contribution in [-0.2, 0) is 0 Å². The number of anilines is 1. The predicted molar refractivity (Wildman–Crippen MR) is 73.5 cm³/mol. The molecule has 0 heterocycles. The Morgan fingerprint density at radius 3 is 2.53 bits per heavy atom. The molecule has 19 heavy (non-hydrogen) atoms. The molecule has 2 aromatic carbocycles. The second-order valence-electron chi connectivity index (χ2n) is 3.74. The molecule has 6 heteroatoms. The van der Waals surface area contributed by atoms with E-state index in [2.05, 4.69) is 21.2 Å². The molecule has 0 spiro atoms. The Morgan fingerprint density at radius 1 is 1.16 bits per heavy atom. The summed E-state index contributed by atoms with van der Waals surface area (Å²) in [6.07, 6.45) is 0. The van der Waals surface area contributed by atoms with Crippen molar-refractivity contribution in [2.24, 2.45) is 0 Å². The zero-order chi connectivity index (χ0) is 14.0. The molecule has 0 saturated heterocycles. The Kier molecular flexibility index (Phi) is 4.17. The number of hydrogen-bond donors (Lipinski definition) is 1. The molecule has 0 fully saturated rings. The van der Waals surface area contributed by atoms with Crippen LogP contribution in [0.4, 0.5) is 14.5 Å². The monoisotopic (exact) mass is 345 g/mol. The normalized spacial score (nSPS) is 10.3. The van der Waals surface area contributed by atoms with Crippen molar-refractivity contribution in [1.29, 1.82) is 0 Å². The molecule has 98 valence electrons. The number of carbonyl (C=O) groups is 1. The third-order valence-corrected chi connectivity index (χ3v) is 2.98. The van der Waals surface area contributed by atoms with E-state index < -0.39 is 17.5 Å². The third-order valence-electron chi connectivity index (χ3n) is 2.30. The maximum Gasteiger partial charge on any atom is 0.255 e. The zero-order valence-electron chi connectivity index (χ0n) is 9.38. The molecule has 0 aliphatic rings. The fourth-order valence-corrected chi connectivity index (χ4v) is 2.33. The van der Waals surface area contributed by atoms with Crippen molar-refractivity contribution in [1.82, 2.24) is 0 Å². The minimum absolute atomic E-state index is 0.0949. The van der Waals surface area contributed by atoms with Gasteiger partial charge in [-0.05, 0) is 30.3 Å². The molecule has 1 amide bonds. The van der Waals surface area contributed by atoms with Crippen LogP contribution in [0, 0.1) is 11.6 Å². The number of carbonyl (C=O) groups excluding carboxylic acids is 1. The van der Waals surface area contributed by atoms with Crippen LogP contribution in [0.1, 0.15) is 10.4 Å². The lowest BCUT2D eigenvalue weighted by atomic mass is 10.2. The number of rotatable bonds is 2. The first-order chi connectivity index (χ1) is 8.95. The van der Waals surface area contributed by atoms with Crippen molar-refractivity contribution in [2.45, 2.75) is 0 Å². The van der Waals surface area contributed by atoms with Crippen molar-refractivity contribution in [3.8, 4) is 0 Å². The first kappa shape index (κ1) is 14.0. The summed E-state index contributed by atoms with van der Waals surface area (Å²) >= 11 is 9.02. The van der Waals surface area contributed by atoms with Crippen molar-refractivity contribution >= 4 is 39.1 Å². The smallest absolute Gasteiger partial charge is 0.255 e. The second kappa shape index (κ2) is 5.67. The average Bonchev–Trinajstić information content (AvgIpc) is 2.31. The van der Waals surface area contributed by atoms with Crippen LogP contribution < -0.4 is 5.32 Å². The molecule has 2 nitrogen and oxygen atoms in total. The first-order valence-corrected chi connectivity index (χ1v) is 6.35. The molecule has 0 unspecified atom stereocenters. The molecule has 0 atom stereocenters. The maximum atomic E-state index is 13.4. The van der Waals surface area contributed by atoms with Crippen molar-refractivity contribution < 1.29 is 13.6 Å². The summed E-state index contributed by atoms with van der Waals surface area (Å²) in [5.74, 6) is -2.08. The van der Waals surface area contributed by atoms with Crippen LogP contribution in [0.2, 0.25) is 5.02 Å². The summed E-state index contributed by atoms with van der Waals surface area (Å²) < 4.78 is 26.8. The quantitative estimate of drug-likeness (QED) is 0.844. The topological polar surface area (TPSA) is 29.1 Å². The van der Waals surface area contributed by atoms with Gasteiger partial charge in [0.1, 0.15) is 11.6 Å². The molecular formula is C13H7BrClF2NO. The highest BCUT2D eigenvalue weighted by Crippen LogP contribution is 2.21. The summed E-state index contributed by atoms with van der Waals surface area (Å²) in [5, 5.41) is 2.72. The Labute approximate surface area is 121 Å². The summed E-state index contributed by atoms with van der Waals surface area (Å²) in [7, 11) is 0. The van der Waals surface area contributed by atoms with Crippen molar-refractivity contribution in [3.05, 3.63) is 63.1 Å². The Morgan fingerprint density at radius 2 is 1.89 bits per heavy atom. The third kappa shape index (κ3) is 3.52. The van der Waals surface area contributed by atoms with E-state index in [-0.39, 0.29) is 11.3 Å². The van der Waals surface area contributed by atoms with E-state index in [4.69, 9.17) is 11.6 Å². The Balaban J connectivity index is 2.25. The summed E-state index contributed by atoms with van der Waals surface area (Å²) in [6.45, 7) is 0. The van der Waals surface area contributed by atoms with Gasteiger partial charge in [0.05, 0.1) is 5.69 Å². The van der Waals surface area contributed by atoms with Crippen LogP contribution in [0.15, 0.2) is 40.9 Å². The minimum atomic E-state index is -0.838. The van der Waals surface area contributed by atoms with Crippen LogP contribution in [-0.4, -0.2) is 5.91 Å². The van der Waals surface area contributed by atoms with Crippen LogP contribution in [0.5, 0.6) is 0 Å². The zero-order valence-corrected chi connectivity index (χ0v) is 11.7. The number of nitrogens with one attached hydrogen (secondary N) is 1. The second-order valence-corrected chi connectivity index (χ2v) is 5.09. The largest absolute Gasteiger partial charge is 0.319 e. The van der Waals surface area contributed by atoms with Gasteiger partial charge in [-0.15, -0.1) is 0 Å². The molecular weight excluding hydrogens is 340 g/mol. The van der Waals surface area contributed by atoms with Gasteiger partial charge in [-0.1, -0.05) is 27.5 Å². The van der Waals surface area contributed by atoms with Crippen LogP contribution in [0.25, 0.3) is 0 Å². The highest BCUT2D eigenvalue weighted by Gasteiger charge is 2.11. The Bertz CT molecular complexity index is 628. The van der Waals surface area contributed by atoms with E-state index in [1.807, 2.05) is 0 Å². The predicted octanol–water partition coefficient (Wildman–Crippen LogP) is 4.63. The number of amides is 1. The van der Waals surface area contributed by atoms with E-state index in [9.17, 15) is 13.6 Å². The van der Waals surface area contributed by atoms with E-state index in [0.29, 0.717) is 15.6 Å². The molecule has 0 radical (unpaired) electrons. The molecule has 0 aliphatic carbocycles. The van der Waals surface area contributed by atoms with Crippen LogP contribution in [0.3, 0.4) is 0 Å². The number of benzene rings is 2. The standard InChI is InChI=1S/C13H7BrClF2NO/c14-8-3-7(4-9(15)5-8)13(19)18-12-2-1-10(16)6-11(12)17/h1-6H,(H,18,19). The summed E-state index contributed by atoms with van der Waals surface area (Å²) in [5.41, 5.74) is 0.172. The number of halogens is 4. The SMILES string of the molecule is O=C(Nc1ccc(F)cc1F)c1cc(Cl)cc(Br)c1. The lowest BCUT2D eigenvalue weighted by molar-refractivity contribution is 0.102. The Hall–Kier alpha value is -1.46. The van der Waals surface area contributed by atoms with E-state index in [1.54, 1.807) is 12.1 Å². The van der Waals surface area contributed by atoms with Gasteiger partial charge in [0.2, 0.25) is 0 Å². The van der Waals surface area contributed by atoms with Gasteiger partial charge >= 0.3 is 0 Å². The van der Waals surface area contributed by atoms with Gasteiger partial charge < -0.3 is 5.32 Å². The summed E-state index contributed by atoms with van der Waals surface area (Å²) in [6, 6.07) is 7.53. The van der Waals surface area contributed by atoms with E-state index in [0.717, 1.165) is 12.1 Å². The van der Waals surface area contributed by atoms with Gasteiger partial charge in [0.15, 0.2) is 0 Å². The fraction of sp³-hybridized carbons (Fsp3) is 0. The van der Waals surface area contributed by atoms with Gasteiger partial charge in [0.25, 0.3) is 5.91 Å². The molecule has 2 aromatic rings. The molecule has 2 rings (SSSR count). The fourth-order valence-electron chi connectivity index (χ4n) is 1.47. The van der Waals surface area contributed by atoms with Crippen molar-refractivity contribution in [2.75, 3.05) is 5.32 Å². The molecule has 1 N–H and O–H groups in total. The molecule has 0 aliphatic heterocycles. The number of hydrogen-bond acceptors (Lipinski definition) is 1. The lowest BCUT2D eigenvalue weighted by Gasteiger charge is -2.07. The molecule has 0 bridgehead atoms.